The molecule has 0 bridgehead atoms. The molecule has 0 aromatic heterocycles. The van der Waals surface area contributed by atoms with Crippen molar-refractivity contribution in [3.63, 3.8) is 0 Å². The number of nitrogens with zero attached hydrogens (tertiary/aromatic N) is 1. The van der Waals surface area contributed by atoms with Gasteiger partial charge in [0.05, 0.1) is 12.2 Å². The van der Waals surface area contributed by atoms with Gasteiger partial charge in [0.2, 0.25) is 0 Å². The van der Waals surface area contributed by atoms with Crippen molar-refractivity contribution in [2.24, 2.45) is 5.92 Å². The highest BCUT2D eigenvalue weighted by atomic mass is 16.5. The Bertz CT molecular complexity index is 466. The third-order valence-electron chi connectivity index (χ3n) is 4.32. The summed E-state index contributed by atoms with van der Waals surface area (Å²) in [6, 6.07) is 6.69. The maximum Gasteiger partial charge on any atom is 0.142 e. The molecule has 20 heavy (non-hydrogen) atoms. The van der Waals surface area contributed by atoms with Crippen molar-refractivity contribution >= 4 is 5.69 Å². The van der Waals surface area contributed by atoms with E-state index in [9.17, 15) is 0 Å². The first kappa shape index (κ1) is 13.5. The van der Waals surface area contributed by atoms with Crippen LogP contribution in [-0.2, 0) is 6.42 Å². The molecule has 1 fully saturated rings. The first-order chi connectivity index (χ1) is 9.86. The Labute approximate surface area is 121 Å². The van der Waals surface area contributed by atoms with Gasteiger partial charge in [-0.1, -0.05) is 12.1 Å². The highest BCUT2D eigenvalue weighted by Crippen LogP contribution is 2.33. The van der Waals surface area contributed by atoms with E-state index in [0.29, 0.717) is 0 Å². The minimum Gasteiger partial charge on any atom is -0.490 e. The topological polar surface area (TPSA) is 24.5 Å². The highest BCUT2D eigenvalue weighted by molar-refractivity contribution is 5.61. The molecule has 1 saturated heterocycles. The molecule has 3 nitrogen and oxygen atoms in total. The van der Waals surface area contributed by atoms with Crippen LogP contribution >= 0.6 is 0 Å². The molecule has 108 valence electrons. The van der Waals surface area contributed by atoms with E-state index in [4.69, 9.17) is 4.74 Å². The second-order valence-corrected chi connectivity index (χ2v) is 5.78. The molecule has 0 amide bonds. The zero-order chi connectivity index (χ0) is 13.8. The molecule has 1 N–H and O–H groups in total. The van der Waals surface area contributed by atoms with Gasteiger partial charge in [-0.2, -0.15) is 0 Å². The molecular weight excluding hydrogens is 248 g/mol. The molecule has 1 aromatic carbocycles. The van der Waals surface area contributed by atoms with Crippen LogP contribution < -0.4 is 15.0 Å². The summed E-state index contributed by atoms with van der Waals surface area (Å²) < 4.78 is 5.76. The van der Waals surface area contributed by atoms with Gasteiger partial charge in [0, 0.05) is 6.54 Å². The maximum absolute atomic E-state index is 5.76. The summed E-state index contributed by atoms with van der Waals surface area (Å²) in [4.78, 5) is 2.36. The van der Waals surface area contributed by atoms with E-state index in [2.05, 4.69) is 35.0 Å². The van der Waals surface area contributed by atoms with E-state index in [0.717, 1.165) is 31.4 Å². The Balaban J connectivity index is 1.76. The molecular formula is C17H24N2O. The summed E-state index contributed by atoms with van der Waals surface area (Å²) >= 11 is 0. The van der Waals surface area contributed by atoms with Crippen molar-refractivity contribution in [2.45, 2.75) is 19.3 Å². The summed E-state index contributed by atoms with van der Waals surface area (Å²) in [5.41, 5.74) is 2.68. The molecule has 0 saturated carbocycles. The fraction of sp³-hybridized carbons (Fsp3) is 0.529. The number of piperidine rings is 1. The fourth-order valence-electron chi connectivity index (χ4n) is 3.21. The average molecular weight is 272 g/mol. The summed E-state index contributed by atoms with van der Waals surface area (Å²) in [5.74, 6) is 1.85. The Morgan fingerprint density at radius 3 is 3.00 bits per heavy atom. The van der Waals surface area contributed by atoms with Gasteiger partial charge < -0.3 is 15.0 Å². The predicted octanol–water partition coefficient (Wildman–Crippen LogP) is 2.61. The zero-order valence-corrected chi connectivity index (χ0v) is 12.1. The third kappa shape index (κ3) is 2.98. The molecule has 0 aliphatic carbocycles. The lowest BCUT2D eigenvalue weighted by atomic mass is 9.90. The normalized spacial score (nSPS) is 19.3. The number of ether oxygens (including phenoxy) is 1. The average Bonchev–Trinajstić information content (AvgIpc) is 2.49. The third-order valence-corrected chi connectivity index (χ3v) is 4.32. The molecule has 2 aliphatic heterocycles. The van der Waals surface area contributed by atoms with E-state index in [1.165, 1.54) is 43.6 Å². The molecule has 2 heterocycles. The smallest absolute Gasteiger partial charge is 0.142 e. The van der Waals surface area contributed by atoms with Crippen molar-refractivity contribution in [1.29, 1.82) is 0 Å². The summed E-state index contributed by atoms with van der Waals surface area (Å²) in [6.45, 7) is 8.81. The van der Waals surface area contributed by atoms with Crippen LogP contribution in [0.3, 0.4) is 0 Å². The summed E-state index contributed by atoms with van der Waals surface area (Å²) in [6.07, 6.45) is 5.75. The highest BCUT2D eigenvalue weighted by Gasteiger charge is 2.19. The molecule has 2 aliphatic rings. The molecule has 3 heteroatoms. The van der Waals surface area contributed by atoms with Gasteiger partial charge in [-0.3, -0.25) is 0 Å². The van der Waals surface area contributed by atoms with Crippen molar-refractivity contribution < 1.29 is 4.74 Å². The standard InChI is InChI=1S/C17H24N2O/c1-2-9-19-10-11-20-17-4-3-15(13-16(17)19)12-14-5-7-18-8-6-14/h2-4,13-14,18H,1,5-12H2. The van der Waals surface area contributed by atoms with Gasteiger partial charge in [0.1, 0.15) is 12.4 Å². The second kappa shape index (κ2) is 6.31. The van der Waals surface area contributed by atoms with Crippen LogP contribution in [-0.4, -0.2) is 32.8 Å². The van der Waals surface area contributed by atoms with Gasteiger partial charge >= 0.3 is 0 Å². The molecule has 0 radical (unpaired) electrons. The lowest BCUT2D eigenvalue weighted by Crippen LogP contribution is -2.33. The first-order valence-electron chi connectivity index (χ1n) is 7.69. The van der Waals surface area contributed by atoms with Crippen LogP contribution in [0.1, 0.15) is 18.4 Å². The summed E-state index contributed by atoms with van der Waals surface area (Å²) in [7, 11) is 0. The molecule has 0 unspecified atom stereocenters. The molecule has 0 atom stereocenters. The van der Waals surface area contributed by atoms with E-state index in [-0.39, 0.29) is 0 Å². The van der Waals surface area contributed by atoms with Crippen molar-refractivity contribution in [1.82, 2.24) is 5.32 Å². The predicted molar refractivity (Wildman–Crippen MR) is 83.6 cm³/mol. The number of nitrogens with one attached hydrogen (secondary N) is 1. The van der Waals surface area contributed by atoms with Crippen LogP contribution in [0, 0.1) is 5.92 Å². The SMILES string of the molecule is C=CCN1CCOc2ccc(CC3CCNCC3)cc21. The largest absolute Gasteiger partial charge is 0.490 e. The van der Waals surface area contributed by atoms with E-state index in [1.54, 1.807) is 0 Å². The number of benzene rings is 1. The number of hydrogen-bond acceptors (Lipinski definition) is 3. The van der Waals surface area contributed by atoms with Crippen molar-refractivity contribution in [3.8, 4) is 5.75 Å². The van der Waals surface area contributed by atoms with E-state index < -0.39 is 0 Å². The molecule has 3 rings (SSSR count). The van der Waals surface area contributed by atoms with Gasteiger partial charge in [-0.05, 0) is 56.0 Å². The van der Waals surface area contributed by atoms with Crippen LogP contribution in [0.25, 0.3) is 0 Å². The van der Waals surface area contributed by atoms with Gasteiger partial charge in [-0.25, -0.2) is 0 Å². The van der Waals surface area contributed by atoms with Gasteiger partial charge in [0.15, 0.2) is 0 Å². The lowest BCUT2D eigenvalue weighted by Gasteiger charge is -2.31. The zero-order valence-electron chi connectivity index (χ0n) is 12.1. The first-order valence-corrected chi connectivity index (χ1v) is 7.69. The number of hydrogen-bond donors (Lipinski definition) is 1. The second-order valence-electron chi connectivity index (χ2n) is 5.78. The minimum absolute atomic E-state index is 0.772. The van der Waals surface area contributed by atoms with E-state index in [1.807, 2.05) is 6.08 Å². The molecule has 0 spiro atoms. The van der Waals surface area contributed by atoms with Crippen molar-refractivity contribution in [2.75, 3.05) is 37.7 Å². The Morgan fingerprint density at radius 2 is 2.20 bits per heavy atom. The lowest BCUT2D eigenvalue weighted by molar-refractivity contribution is 0.309. The quantitative estimate of drug-likeness (QED) is 0.853. The van der Waals surface area contributed by atoms with Crippen LogP contribution in [0.2, 0.25) is 0 Å². The monoisotopic (exact) mass is 272 g/mol. The maximum atomic E-state index is 5.76. The Hall–Kier alpha value is -1.48. The van der Waals surface area contributed by atoms with Gasteiger partial charge in [0.25, 0.3) is 0 Å². The van der Waals surface area contributed by atoms with E-state index >= 15 is 0 Å². The van der Waals surface area contributed by atoms with Gasteiger partial charge in [-0.15, -0.1) is 6.58 Å². The number of rotatable bonds is 4. The Morgan fingerprint density at radius 1 is 1.35 bits per heavy atom. The summed E-state index contributed by atoms with van der Waals surface area (Å²) in [5, 5.41) is 3.43. The van der Waals surface area contributed by atoms with Crippen LogP contribution in [0.15, 0.2) is 30.9 Å². The fourth-order valence-corrected chi connectivity index (χ4v) is 3.21. The number of fused-ring (bicyclic) bond motifs is 1. The Kier molecular flexibility index (Phi) is 4.26. The van der Waals surface area contributed by atoms with Crippen molar-refractivity contribution in [3.05, 3.63) is 36.4 Å². The van der Waals surface area contributed by atoms with Crippen LogP contribution in [0.4, 0.5) is 5.69 Å². The minimum atomic E-state index is 0.772. The number of anilines is 1. The molecule has 1 aromatic rings. The van der Waals surface area contributed by atoms with Crippen LogP contribution in [0.5, 0.6) is 5.75 Å².